The lowest BCUT2D eigenvalue weighted by atomic mass is 10.2. The Morgan fingerprint density at radius 2 is 2.07 bits per heavy atom. The van der Waals surface area contributed by atoms with Gasteiger partial charge in [-0.25, -0.2) is 9.18 Å². The molecule has 0 aliphatic heterocycles. The first kappa shape index (κ1) is 10.1. The van der Waals surface area contributed by atoms with Crippen LogP contribution in [0.5, 0.6) is 0 Å². The molecule has 0 heterocycles. The van der Waals surface area contributed by atoms with Crippen molar-refractivity contribution in [3.8, 4) is 0 Å². The van der Waals surface area contributed by atoms with Gasteiger partial charge in [-0.2, -0.15) is 0 Å². The Labute approximate surface area is 79.5 Å². The molecular weight excluding hydrogens is 187 g/mol. The molecule has 1 aromatic rings. The predicted molar refractivity (Wildman–Crippen MR) is 48.1 cm³/mol. The molecule has 0 spiro atoms. The van der Waals surface area contributed by atoms with Crippen LogP contribution in [0.4, 0.5) is 4.39 Å². The molecule has 3 nitrogen and oxygen atoms in total. The molecule has 14 heavy (non-hydrogen) atoms. The minimum Gasteiger partial charge on any atom is -0.475 e. The predicted octanol–water partition coefficient (Wildman–Crippen LogP) is 1.49. The molecule has 0 unspecified atom stereocenters. The van der Waals surface area contributed by atoms with E-state index in [1.807, 2.05) is 0 Å². The molecule has 4 heteroatoms. The largest absolute Gasteiger partial charge is 0.475 e. The fourth-order valence-corrected chi connectivity index (χ4v) is 0.853. The summed E-state index contributed by atoms with van der Waals surface area (Å²) in [6, 6.07) is 5.50. The molecule has 0 amide bonds. The van der Waals surface area contributed by atoms with Crippen LogP contribution < -0.4 is 0 Å². The van der Waals surface area contributed by atoms with Crippen LogP contribution in [-0.2, 0) is 9.59 Å². The molecule has 0 fully saturated rings. The van der Waals surface area contributed by atoms with E-state index in [-0.39, 0.29) is 0 Å². The first-order valence-electron chi connectivity index (χ1n) is 3.80. The first-order valence-corrected chi connectivity index (χ1v) is 3.80. The lowest BCUT2D eigenvalue weighted by Crippen LogP contribution is -2.08. The molecule has 0 radical (unpaired) electrons. The zero-order valence-corrected chi connectivity index (χ0v) is 7.11. The smallest absolute Gasteiger partial charge is 0.376 e. The molecule has 0 bridgehead atoms. The number of carboxylic acid groups (broad SMARTS) is 1. The van der Waals surface area contributed by atoms with Gasteiger partial charge in [0.1, 0.15) is 5.82 Å². The fourth-order valence-electron chi connectivity index (χ4n) is 0.853. The van der Waals surface area contributed by atoms with Gasteiger partial charge in [-0.1, -0.05) is 18.2 Å². The minimum absolute atomic E-state index is 0.435. The summed E-state index contributed by atoms with van der Waals surface area (Å²) < 4.78 is 12.6. The number of hydrogen-bond donors (Lipinski definition) is 1. The Balaban J connectivity index is 2.79. The van der Waals surface area contributed by atoms with E-state index in [1.165, 1.54) is 24.3 Å². The normalized spacial score (nSPS) is 10.4. The van der Waals surface area contributed by atoms with Gasteiger partial charge >= 0.3 is 5.97 Å². The number of benzene rings is 1. The second kappa shape index (κ2) is 4.32. The topological polar surface area (TPSA) is 54.4 Å². The number of aliphatic carboxylic acids is 1. The quantitative estimate of drug-likeness (QED) is 0.585. The minimum atomic E-state index is -1.53. The van der Waals surface area contributed by atoms with E-state index in [9.17, 15) is 14.0 Å². The van der Waals surface area contributed by atoms with E-state index < -0.39 is 17.6 Å². The van der Waals surface area contributed by atoms with Crippen LogP contribution in [0.1, 0.15) is 5.56 Å². The molecule has 0 saturated heterocycles. The number of carbonyl (C=O) groups is 2. The van der Waals surface area contributed by atoms with Crippen molar-refractivity contribution in [3.05, 3.63) is 41.7 Å². The SMILES string of the molecule is O=C(O)C(=O)/C=C/c1cccc(F)c1. The van der Waals surface area contributed by atoms with Crippen LogP contribution in [0.25, 0.3) is 6.08 Å². The second-order valence-electron chi connectivity index (χ2n) is 2.56. The fraction of sp³-hybridized carbons (Fsp3) is 0. The Morgan fingerprint density at radius 3 is 2.64 bits per heavy atom. The van der Waals surface area contributed by atoms with Crippen molar-refractivity contribution < 1.29 is 19.1 Å². The highest BCUT2D eigenvalue weighted by atomic mass is 19.1. The van der Waals surface area contributed by atoms with Crippen molar-refractivity contribution in [2.45, 2.75) is 0 Å². The van der Waals surface area contributed by atoms with E-state index >= 15 is 0 Å². The molecule has 1 N–H and O–H groups in total. The maximum atomic E-state index is 12.6. The van der Waals surface area contributed by atoms with E-state index in [0.29, 0.717) is 5.56 Å². The summed E-state index contributed by atoms with van der Waals surface area (Å²) in [5.74, 6) is -3.00. The number of hydrogen-bond acceptors (Lipinski definition) is 2. The van der Waals surface area contributed by atoms with Crippen molar-refractivity contribution in [3.63, 3.8) is 0 Å². The Kier molecular flexibility index (Phi) is 3.12. The summed E-state index contributed by atoms with van der Waals surface area (Å²) in [5.41, 5.74) is 0.444. The van der Waals surface area contributed by atoms with Crippen LogP contribution >= 0.6 is 0 Å². The molecule has 0 aromatic heterocycles. The summed E-state index contributed by atoms with van der Waals surface area (Å²) in [6.45, 7) is 0. The second-order valence-corrected chi connectivity index (χ2v) is 2.56. The molecule has 1 rings (SSSR count). The van der Waals surface area contributed by atoms with Gasteiger partial charge in [-0.3, -0.25) is 4.79 Å². The number of carbonyl (C=O) groups excluding carboxylic acids is 1. The highest BCUT2D eigenvalue weighted by Gasteiger charge is 2.05. The summed E-state index contributed by atoms with van der Waals surface area (Å²) in [6.07, 6.45) is 2.14. The Morgan fingerprint density at radius 1 is 1.36 bits per heavy atom. The monoisotopic (exact) mass is 194 g/mol. The summed E-state index contributed by atoms with van der Waals surface area (Å²) >= 11 is 0. The first-order chi connectivity index (χ1) is 6.59. The van der Waals surface area contributed by atoms with E-state index in [2.05, 4.69) is 0 Å². The van der Waals surface area contributed by atoms with E-state index in [1.54, 1.807) is 6.07 Å². The van der Waals surface area contributed by atoms with Crippen molar-refractivity contribution in [1.82, 2.24) is 0 Å². The van der Waals surface area contributed by atoms with Crippen molar-refractivity contribution in [2.75, 3.05) is 0 Å². The highest BCUT2D eigenvalue weighted by molar-refractivity contribution is 6.38. The molecular formula is C10H7FO3. The third-order valence-corrected chi connectivity index (χ3v) is 1.49. The van der Waals surface area contributed by atoms with Gasteiger partial charge in [0.15, 0.2) is 0 Å². The number of carboxylic acids is 1. The summed E-state index contributed by atoms with van der Waals surface area (Å²) in [7, 11) is 0. The van der Waals surface area contributed by atoms with Crippen LogP contribution in [0, 0.1) is 5.82 Å². The standard InChI is InChI=1S/C10H7FO3/c11-8-3-1-2-7(6-8)4-5-9(12)10(13)14/h1-6H,(H,13,14)/b5-4+. The zero-order chi connectivity index (χ0) is 10.6. The van der Waals surface area contributed by atoms with Gasteiger partial charge in [0, 0.05) is 0 Å². The van der Waals surface area contributed by atoms with Crippen molar-refractivity contribution in [2.24, 2.45) is 0 Å². The van der Waals surface area contributed by atoms with Gasteiger partial charge in [0.25, 0.3) is 5.78 Å². The van der Waals surface area contributed by atoms with Gasteiger partial charge in [-0.05, 0) is 23.8 Å². The van der Waals surface area contributed by atoms with Crippen molar-refractivity contribution >= 4 is 17.8 Å². The summed E-state index contributed by atoms with van der Waals surface area (Å²) in [4.78, 5) is 20.7. The zero-order valence-electron chi connectivity index (χ0n) is 7.11. The van der Waals surface area contributed by atoms with E-state index in [0.717, 1.165) is 6.08 Å². The van der Waals surface area contributed by atoms with Gasteiger partial charge < -0.3 is 5.11 Å². The maximum Gasteiger partial charge on any atom is 0.376 e. The molecule has 0 aliphatic carbocycles. The van der Waals surface area contributed by atoms with Crippen LogP contribution in [0.3, 0.4) is 0 Å². The van der Waals surface area contributed by atoms with Gasteiger partial charge in [0.05, 0.1) is 0 Å². The Bertz CT molecular complexity index is 396. The molecule has 1 aromatic carbocycles. The van der Waals surface area contributed by atoms with Gasteiger partial charge in [-0.15, -0.1) is 0 Å². The lowest BCUT2D eigenvalue weighted by molar-refractivity contribution is -0.146. The molecule has 0 saturated carbocycles. The number of ketones is 1. The molecule has 0 atom stereocenters. The molecule has 0 aliphatic rings. The van der Waals surface area contributed by atoms with Crippen LogP contribution in [0.2, 0.25) is 0 Å². The van der Waals surface area contributed by atoms with Crippen LogP contribution in [-0.4, -0.2) is 16.9 Å². The third-order valence-electron chi connectivity index (χ3n) is 1.49. The Hall–Kier alpha value is -1.97. The maximum absolute atomic E-state index is 12.6. The number of rotatable bonds is 3. The third kappa shape index (κ3) is 2.82. The summed E-state index contributed by atoms with van der Waals surface area (Å²) in [5, 5.41) is 8.24. The van der Waals surface area contributed by atoms with Crippen molar-refractivity contribution in [1.29, 1.82) is 0 Å². The average Bonchev–Trinajstić information content (AvgIpc) is 2.14. The van der Waals surface area contributed by atoms with E-state index in [4.69, 9.17) is 5.11 Å². The van der Waals surface area contributed by atoms with Gasteiger partial charge in [0.2, 0.25) is 0 Å². The van der Waals surface area contributed by atoms with Crippen LogP contribution in [0.15, 0.2) is 30.3 Å². The molecule has 72 valence electrons. The average molecular weight is 194 g/mol. The lowest BCUT2D eigenvalue weighted by Gasteiger charge is -1.91. The number of halogens is 1. The highest BCUT2D eigenvalue weighted by Crippen LogP contribution is 2.05.